The molecular weight excluding hydrogens is 450 g/mol. The van der Waals surface area contributed by atoms with Gasteiger partial charge in [0.25, 0.3) is 11.7 Å². The van der Waals surface area contributed by atoms with Crippen LogP contribution in [0.25, 0.3) is 5.78 Å². The number of amides is 1. The number of hydrogen-bond donors (Lipinski definition) is 0. The molecule has 1 aromatic carbocycles. The van der Waals surface area contributed by atoms with Crippen molar-refractivity contribution in [2.45, 2.75) is 24.9 Å². The van der Waals surface area contributed by atoms with Gasteiger partial charge < -0.3 is 14.4 Å². The van der Waals surface area contributed by atoms with Crippen LogP contribution in [0, 0.1) is 5.82 Å². The zero-order valence-electron chi connectivity index (χ0n) is 18.6. The molecule has 1 amide bonds. The monoisotopic (exact) mass is 472 g/mol. The molecule has 0 saturated carbocycles. The van der Waals surface area contributed by atoms with E-state index in [2.05, 4.69) is 14.7 Å². The molecule has 178 valence electrons. The van der Waals surface area contributed by atoms with Crippen molar-refractivity contribution < 1.29 is 32.6 Å². The minimum atomic E-state index is -1.52. The van der Waals surface area contributed by atoms with E-state index in [0.29, 0.717) is 5.56 Å². The van der Waals surface area contributed by atoms with Gasteiger partial charge in [-0.05, 0) is 30.5 Å². The van der Waals surface area contributed by atoms with E-state index in [4.69, 9.17) is 4.74 Å². The van der Waals surface area contributed by atoms with E-state index < -0.39 is 23.3 Å². The lowest BCUT2D eigenvalue weighted by Crippen LogP contribution is -2.45. The number of fused-ring (bicyclic) bond motifs is 1. The lowest BCUT2D eigenvalue weighted by atomic mass is 9.87. The number of halogens is 2. The van der Waals surface area contributed by atoms with Gasteiger partial charge in [-0.15, -0.1) is 0 Å². The van der Waals surface area contributed by atoms with Gasteiger partial charge in [0.15, 0.2) is 0 Å². The fourth-order valence-electron chi connectivity index (χ4n) is 3.99. The maximum atomic E-state index is 15.4. The number of methoxy groups -OCH3 is 2. The van der Waals surface area contributed by atoms with Crippen molar-refractivity contribution in [3.63, 3.8) is 0 Å². The lowest BCUT2D eigenvalue weighted by molar-refractivity contribution is -0.135. The third kappa shape index (κ3) is 4.45. The van der Waals surface area contributed by atoms with Crippen LogP contribution in [0.15, 0.2) is 36.7 Å². The summed E-state index contributed by atoms with van der Waals surface area (Å²) in [7, 11) is 2.42. The van der Waals surface area contributed by atoms with Gasteiger partial charge in [0, 0.05) is 25.7 Å². The summed E-state index contributed by atoms with van der Waals surface area (Å²) in [6, 6.07) is 5.70. The van der Waals surface area contributed by atoms with E-state index in [9.17, 15) is 18.8 Å². The Balaban J connectivity index is 1.55. The molecule has 2 aromatic heterocycles. The second-order valence-electron chi connectivity index (χ2n) is 8.04. The number of imidazole rings is 1. The molecule has 9 nitrogen and oxygen atoms in total. The Morgan fingerprint density at radius 1 is 1.12 bits per heavy atom. The van der Waals surface area contributed by atoms with Gasteiger partial charge in [-0.25, -0.2) is 18.6 Å². The summed E-state index contributed by atoms with van der Waals surface area (Å²) >= 11 is 0. The van der Waals surface area contributed by atoms with Crippen LogP contribution in [0.3, 0.4) is 0 Å². The summed E-state index contributed by atoms with van der Waals surface area (Å²) < 4.78 is 39.4. The van der Waals surface area contributed by atoms with Crippen molar-refractivity contribution in [1.82, 2.24) is 19.3 Å². The number of carbonyl (C=O) groups is 3. The van der Waals surface area contributed by atoms with Crippen molar-refractivity contribution in [1.29, 1.82) is 0 Å². The zero-order valence-corrected chi connectivity index (χ0v) is 18.6. The van der Waals surface area contributed by atoms with E-state index in [1.54, 1.807) is 12.1 Å². The van der Waals surface area contributed by atoms with Crippen LogP contribution in [0.5, 0.6) is 5.88 Å². The summed E-state index contributed by atoms with van der Waals surface area (Å²) in [4.78, 5) is 46.8. The maximum absolute atomic E-state index is 15.4. The predicted molar refractivity (Wildman–Crippen MR) is 115 cm³/mol. The van der Waals surface area contributed by atoms with Crippen LogP contribution in [-0.4, -0.2) is 69.9 Å². The van der Waals surface area contributed by atoms with Gasteiger partial charge in [-0.3, -0.25) is 14.0 Å². The minimum absolute atomic E-state index is 0.0106. The molecule has 1 aliphatic heterocycles. The van der Waals surface area contributed by atoms with Crippen molar-refractivity contribution in [3.05, 3.63) is 59.3 Å². The first-order valence-corrected chi connectivity index (χ1v) is 10.5. The number of alkyl halides is 1. The van der Waals surface area contributed by atoms with E-state index in [1.165, 1.54) is 34.7 Å². The molecule has 0 aliphatic carbocycles. The highest BCUT2D eigenvalue weighted by Gasteiger charge is 2.37. The molecule has 4 rings (SSSR count). The van der Waals surface area contributed by atoms with Crippen LogP contribution in [0.2, 0.25) is 0 Å². The van der Waals surface area contributed by atoms with Crippen molar-refractivity contribution in [3.8, 4) is 5.88 Å². The number of ether oxygens (including phenoxy) is 2. The number of piperidine rings is 1. The van der Waals surface area contributed by atoms with E-state index in [1.807, 2.05) is 0 Å². The Labute approximate surface area is 193 Å². The normalized spacial score (nSPS) is 15.2. The van der Waals surface area contributed by atoms with Crippen molar-refractivity contribution >= 4 is 23.4 Å². The summed E-state index contributed by atoms with van der Waals surface area (Å²) in [5.74, 6) is -2.82. The highest BCUT2D eigenvalue weighted by atomic mass is 19.1. The van der Waals surface area contributed by atoms with Gasteiger partial charge in [-0.2, -0.15) is 4.98 Å². The molecule has 1 fully saturated rings. The van der Waals surface area contributed by atoms with Crippen LogP contribution >= 0.6 is 0 Å². The molecule has 3 heterocycles. The molecule has 0 atom stereocenters. The average Bonchev–Trinajstić information content (AvgIpc) is 3.26. The Kier molecular flexibility index (Phi) is 6.27. The number of esters is 1. The number of aromatic nitrogens is 3. The summed E-state index contributed by atoms with van der Waals surface area (Å²) in [6.45, 7) is 0.297. The Morgan fingerprint density at radius 3 is 2.41 bits per heavy atom. The Hall–Kier alpha value is -3.89. The summed E-state index contributed by atoms with van der Waals surface area (Å²) in [6.07, 6.45) is 2.81. The first-order valence-electron chi connectivity index (χ1n) is 10.5. The number of Topliss-reactive ketones (excluding diaryl/α,β-unsaturated/α-hetero) is 1. The Morgan fingerprint density at radius 2 is 1.79 bits per heavy atom. The van der Waals surface area contributed by atoms with E-state index >= 15 is 4.39 Å². The maximum Gasteiger partial charge on any atom is 0.381 e. The number of ketones is 1. The molecule has 0 spiro atoms. The fraction of sp³-hybridized carbons (Fsp3) is 0.348. The SMILES string of the molecule is COC(=O)C(=O)c1cnc2nc(OC)c(C(=O)N3CCC(F)(Cc4ccc(F)cc4)CC3)cn12. The standard InChI is InChI=1S/C23H22F2N4O5/c1-33-19-16(13-29-17(12-26-22(29)27-19)18(30)21(32)34-2)20(31)28-9-7-23(25,8-10-28)11-14-3-5-15(24)6-4-14/h3-6,12-13H,7-11H2,1-2H3. The predicted octanol–water partition coefficient (Wildman–Crippen LogP) is 2.42. The minimum Gasteiger partial charge on any atom is -0.480 e. The van der Waals surface area contributed by atoms with Crippen molar-refractivity contribution in [2.75, 3.05) is 27.3 Å². The average molecular weight is 472 g/mol. The van der Waals surface area contributed by atoms with Crippen LogP contribution in [-0.2, 0) is 16.0 Å². The third-order valence-corrected chi connectivity index (χ3v) is 5.88. The molecule has 0 bridgehead atoms. The number of nitrogens with zero attached hydrogens (tertiary/aromatic N) is 4. The molecule has 1 aliphatic rings. The molecule has 11 heteroatoms. The van der Waals surface area contributed by atoms with Gasteiger partial charge in [0.05, 0.1) is 20.4 Å². The second-order valence-corrected chi connectivity index (χ2v) is 8.04. The van der Waals surface area contributed by atoms with Crippen LogP contribution in [0.1, 0.15) is 39.3 Å². The molecular formula is C23H22F2N4O5. The molecule has 34 heavy (non-hydrogen) atoms. The van der Waals surface area contributed by atoms with Crippen molar-refractivity contribution in [2.24, 2.45) is 0 Å². The molecule has 1 saturated heterocycles. The highest BCUT2D eigenvalue weighted by Crippen LogP contribution is 2.32. The van der Waals surface area contributed by atoms with Gasteiger partial charge in [-0.1, -0.05) is 12.1 Å². The fourth-order valence-corrected chi connectivity index (χ4v) is 3.99. The number of rotatable bonds is 6. The first kappa shape index (κ1) is 23.3. The summed E-state index contributed by atoms with van der Waals surface area (Å²) in [5, 5.41) is 0. The number of likely N-dealkylation sites (tertiary alicyclic amines) is 1. The quantitative estimate of drug-likeness (QED) is 0.308. The molecule has 0 N–H and O–H groups in total. The van der Waals surface area contributed by atoms with Crippen LogP contribution in [0.4, 0.5) is 8.78 Å². The highest BCUT2D eigenvalue weighted by molar-refractivity contribution is 6.40. The van der Waals surface area contributed by atoms with E-state index in [-0.39, 0.29) is 61.1 Å². The Bertz CT molecular complexity index is 1250. The molecule has 3 aromatic rings. The number of carbonyl (C=O) groups excluding carboxylic acids is 3. The van der Waals surface area contributed by atoms with Gasteiger partial charge >= 0.3 is 5.97 Å². The molecule has 0 radical (unpaired) electrons. The first-order chi connectivity index (χ1) is 16.2. The van der Waals surface area contributed by atoms with Gasteiger partial charge in [0.1, 0.15) is 22.7 Å². The zero-order chi connectivity index (χ0) is 24.5. The topological polar surface area (TPSA) is 103 Å². The van der Waals surface area contributed by atoms with Crippen LogP contribution < -0.4 is 4.74 Å². The largest absolute Gasteiger partial charge is 0.480 e. The van der Waals surface area contributed by atoms with E-state index in [0.717, 1.165) is 13.3 Å². The number of hydrogen-bond acceptors (Lipinski definition) is 7. The number of benzene rings is 1. The lowest BCUT2D eigenvalue weighted by Gasteiger charge is -2.36. The third-order valence-electron chi connectivity index (χ3n) is 5.88. The van der Waals surface area contributed by atoms with Gasteiger partial charge in [0.2, 0.25) is 11.7 Å². The smallest absolute Gasteiger partial charge is 0.381 e. The second kappa shape index (κ2) is 9.16. The molecule has 0 unspecified atom stereocenters. The summed E-state index contributed by atoms with van der Waals surface area (Å²) in [5.41, 5.74) is -0.919.